The van der Waals surface area contributed by atoms with Gasteiger partial charge in [0.15, 0.2) is 11.5 Å². The highest BCUT2D eigenvalue weighted by Gasteiger charge is 2.17. The summed E-state index contributed by atoms with van der Waals surface area (Å²) >= 11 is 0. The molecule has 9 nitrogen and oxygen atoms in total. The maximum Gasteiger partial charge on any atom is 0.325 e. The SMILES string of the molecule is CCOC(=O)CNC(=O)[C@@H](N)Cc1ccc(OC(C)=O)c(OC(C)=O)c1. The second-order valence-corrected chi connectivity index (χ2v) is 5.30. The van der Waals surface area contributed by atoms with Gasteiger partial charge in [-0.3, -0.25) is 19.2 Å². The molecule has 0 spiro atoms. The molecule has 3 N–H and O–H groups in total. The predicted molar refractivity (Wildman–Crippen MR) is 90.4 cm³/mol. The molecule has 0 heterocycles. The van der Waals surface area contributed by atoms with Crippen LogP contribution >= 0.6 is 0 Å². The summed E-state index contributed by atoms with van der Waals surface area (Å²) in [6.07, 6.45) is 0.114. The minimum Gasteiger partial charge on any atom is -0.465 e. The molecule has 9 heteroatoms. The van der Waals surface area contributed by atoms with Crippen molar-refractivity contribution in [2.75, 3.05) is 13.2 Å². The van der Waals surface area contributed by atoms with Crippen molar-refractivity contribution in [2.24, 2.45) is 5.73 Å². The minimum absolute atomic E-state index is 0.0457. The largest absolute Gasteiger partial charge is 0.465 e. The number of nitrogens with one attached hydrogen (secondary N) is 1. The van der Waals surface area contributed by atoms with Crippen LogP contribution in [0.2, 0.25) is 0 Å². The standard InChI is InChI=1S/C17H22N2O7/c1-4-24-16(22)9-19-17(23)13(18)7-12-5-6-14(25-10(2)20)15(8-12)26-11(3)21/h5-6,8,13H,4,7,9,18H2,1-3H3,(H,19,23)/t13-/m0/s1. The van der Waals surface area contributed by atoms with Crippen molar-refractivity contribution in [1.29, 1.82) is 0 Å². The fourth-order valence-corrected chi connectivity index (χ4v) is 2.00. The third-order valence-electron chi connectivity index (χ3n) is 3.02. The molecule has 0 aliphatic heterocycles. The van der Waals surface area contributed by atoms with Crippen LogP contribution in [0.5, 0.6) is 11.5 Å². The molecule has 142 valence electrons. The zero-order valence-electron chi connectivity index (χ0n) is 14.9. The Labute approximate surface area is 150 Å². The molecular formula is C17H22N2O7. The van der Waals surface area contributed by atoms with Gasteiger partial charge in [-0.05, 0) is 31.0 Å². The van der Waals surface area contributed by atoms with Crippen LogP contribution in [0, 0.1) is 0 Å². The molecular weight excluding hydrogens is 344 g/mol. The van der Waals surface area contributed by atoms with E-state index >= 15 is 0 Å². The van der Waals surface area contributed by atoms with Gasteiger partial charge in [-0.25, -0.2) is 0 Å². The first kappa shape index (κ1) is 21.1. The van der Waals surface area contributed by atoms with E-state index in [1.54, 1.807) is 13.0 Å². The van der Waals surface area contributed by atoms with Crippen molar-refractivity contribution in [3.05, 3.63) is 23.8 Å². The average Bonchev–Trinajstić information content (AvgIpc) is 2.54. The number of hydrogen-bond donors (Lipinski definition) is 2. The second kappa shape index (κ2) is 10.1. The highest BCUT2D eigenvalue weighted by molar-refractivity contribution is 5.85. The second-order valence-electron chi connectivity index (χ2n) is 5.30. The summed E-state index contributed by atoms with van der Waals surface area (Å²) in [6, 6.07) is 3.55. The van der Waals surface area contributed by atoms with E-state index in [1.807, 2.05) is 0 Å². The van der Waals surface area contributed by atoms with Gasteiger partial charge >= 0.3 is 17.9 Å². The van der Waals surface area contributed by atoms with Crippen molar-refractivity contribution < 1.29 is 33.4 Å². The van der Waals surface area contributed by atoms with Crippen molar-refractivity contribution in [3.63, 3.8) is 0 Å². The van der Waals surface area contributed by atoms with Crippen LogP contribution in [0.3, 0.4) is 0 Å². The molecule has 0 aromatic heterocycles. The van der Waals surface area contributed by atoms with Gasteiger partial charge in [0.2, 0.25) is 5.91 Å². The molecule has 0 aliphatic carbocycles. The summed E-state index contributed by atoms with van der Waals surface area (Å²) in [5, 5.41) is 2.38. The van der Waals surface area contributed by atoms with Crippen molar-refractivity contribution >= 4 is 23.8 Å². The van der Waals surface area contributed by atoms with Crippen LogP contribution < -0.4 is 20.5 Å². The number of esters is 3. The Morgan fingerprint density at radius 1 is 1.08 bits per heavy atom. The molecule has 0 fully saturated rings. The molecule has 0 unspecified atom stereocenters. The number of amides is 1. The van der Waals surface area contributed by atoms with Crippen LogP contribution in [-0.2, 0) is 30.3 Å². The van der Waals surface area contributed by atoms with E-state index in [0.29, 0.717) is 5.56 Å². The monoisotopic (exact) mass is 366 g/mol. The lowest BCUT2D eigenvalue weighted by atomic mass is 10.1. The molecule has 0 saturated carbocycles. The normalized spacial score (nSPS) is 11.2. The smallest absolute Gasteiger partial charge is 0.325 e. The van der Waals surface area contributed by atoms with E-state index in [1.165, 1.54) is 26.0 Å². The summed E-state index contributed by atoms with van der Waals surface area (Å²) < 4.78 is 14.7. The molecule has 0 aliphatic rings. The topological polar surface area (TPSA) is 134 Å². The van der Waals surface area contributed by atoms with E-state index in [2.05, 4.69) is 5.32 Å². The van der Waals surface area contributed by atoms with Gasteiger partial charge in [0.1, 0.15) is 6.54 Å². The number of carbonyl (C=O) groups excluding carboxylic acids is 4. The number of hydrogen-bond acceptors (Lipinski definition) is 8. The molecule has 1 atom stereocenters. The number of rotatable bonds is 8. The lowest BCUT2D eigenvalue weighted by molar-refractivity contribution is -0.143. The summed E-state index contributed by atoms with van der Waals surface area (Å²) in [4.78, 5) is 45.5. The van der Waals surface area contributed by atoms with Gasteiger partial charge in [0.25, 0.3) is 0 Å². The van der Waals surface area contributed by atoms with Gasteiger partial charge in [0.05, 0.1) is 12.6 Å². The van der Waals surface area contributed by atoms with E-state index < -0.39 is 29.9 Å². The summed E-state index contributed by atoms with van der Waals surface area (Å²) in [5.41, 5.74) is 6.40. The number of ether oxygens (including phenoxy) is 3. The number of benzene rings is 1. The summed E-state index contributed by atoms with van der Waals surface area (Å²) in [7, 11) is 0. The zero-order chi connectivity index (χ0) is 19.7. The third kappa shape index (κ3) is 7.31. The number of carbonyl (C=O) groups is 4. The summed E-state index contributed by atoms with van der Waals surface area (Å²) in [5.74, 6) is -2.12. The quantitative estimate of drug-likeness (QED) is 0.488. The van der Waals surface area contributed by atoms with Crippen molar-refractivity contribution in [2.45, 2.75) is 33.2 Å². The Bertz CT molecular complexity index is 688. The molecule has 26 heavy (non-hydrogen) atoms. The van der Waals surface area contributed by atoms with E-state index in [-0.39, 0.29) is 31.1 Å². The van der Waals surface area contributed by atoms with E-state index in [4.69, 9.17) is 19.9 Å². The van der Waals surface area contributed by atoms with E-state index in [9.17, 15) is 19.2 Å². The Morgan fingerprint density at radius 2 is 1.69 bits per heavy atom. The highest BCUT2D eigenvalue weighted by Crippen LogP contribution is 2.29. The molecule has 0 radical (unpaired) electrons. The highest BCUT2D eigenvalue weighted by atomic mass is 16.6. The van der Waals surface area contributed by atoms with Gasteiger partial charge in [0, 0.05) is 13.8 Å². The lowest BCUT2D eigenvalue weighted by Crippen LogP contribution is -2.44. The van der Waals surface area contributed by atoms with Crippen molar-refractivity contribution in [1.82, 2.24) is 5.32 Å². The lowest BCUT2D eigenvalue weighted by Gasteiger charge is -2.14. The van der Waals surface area contributed by atoms with Crippen molar-refractivity contribution in [3.8, 4) is 11.5 Å². The van der Waals surface area contributed by atoms with Gasteiger partial charge in [-0.1, -0.05) is 6.07 Å². The fraction of sp³-hybridized carbons (Fsp3) is 0.412. The fourth-order valence-electron chi connectivity index (χ4n) is 2.00. The molecule has 1 amide bonds. The van der Waals surface area contributed by atoms with Crippen LogP contribution in [0.15, 0.2) is 18.2 Å². The summed E-state index contributed by atoms with van der Waals surface area (Å²) in [6.45, 7) is 4.03. The van der Waals surface area contributed by atoms with Gasteiger partial charge in [-0.15, -0.1) is 0 Å². The zero-order valence-corrected chi connectivity index (χ0v) is 14.9. The van der Waals surface area contributed by atoms with Crippen LogP contribution in [-0.4, -0.2) is 43.0 Å². The molecule has 0 bridgehead atoms. The Morgan fingerprint density at radius 3 is 2.27 bits per heavy atom. The minimum atomic E-state index is -0.936. The Kier molecular flexibility index (Phi) is 8.23. The average molecular weight is 366 g/mol. The number of nitrogens with two attached hydrogens (primary N) is 1. The maximum absolute atomic E-state index is 11.9. The molecule has 0 saturated heterocycles. The maximum atomic E-state index is 11.9. The first-order chi connectivity index (χ1) is 12.2. The Balaban J connectivity index is 2.78. The van der Waals surface area contributed by atoms with Gasteiger partial charge in [-0.2, -0.15) is 0 Å². The first-order valence-corrected chi connectivity index (χ1v) is 7.91. The van der Waals surface area contributed by atoms with Gasteiger partial charge < -0.3 is 25.3 Å². The third-order valence-corrected chi connectivity index (χ3v) is 3.02. The van der Waals surface area contributed by atoms with Crippen LogP contribution in [0.25, 0.3) is 0 Å². The van der Waals surface area contributed by atoms with Crippen LogP contribution in [0.4, 0.5) is 0 Å². The van der Waals surface area contributed by atoms with Crippen LogP contribution in [0.1, 0.15) is 26.3 Å². The molecule has 1 aromatic carbocycles. The predicted octanol–water partition coefficient (Wildman–Crippen LogP) is 0.0863. The Hall–Kier alpha value is -2.94. The molecule has 1 aromatic rings. The first-order valence-electron chi connectivity index (χ1n) is 7.91. The molecule has 1 rings (SSSR count). The van der Waals surface area contributed by atoms with E-state index in [0.717, 1.165) is 0 Å².